The van der Waals surface area contributed by atoms with Crippen molar-refractivity contribution in [2.75, 3.05) is 6.54 Å². The molecule has 2 aromatic rings. The van der Waals surface area contributed by atoms with Gasteiger partial charge in [-0.3, -0.25) is 9.59 Å². The Morgan fingerprint density at radius 2 is 1.93 bits per heavy atom. The molecule has 1 aromatic carbocycles. The number of aliphatic hydroxyl groups is 1. The van der Waals surface area contributed by atoms with Crippen LogP contribution in [-0.4, -0.2) is 38.3 Å². The van der Waals surface area contributed by atoms with E-state index in [1.165, 1.54) is 10.7 Å². The topological polar surface area (TPSA) is 75.4 Å². The van der Waals surface area contributed by atoms with Crippen LogP contribution in [0.1, 0.15) is 43.4 Å². The van der Waals surface area contributed by atoms with E-state index in [1.54, 1.807) is 13.0 Å². The van der Waals surface area contributed by atoms with Crippen LogP contribution in [0.15, 0.2) is 47.3 Å². The molecule has 1 aliphatic heterocycles. The maximum atomic E-state index is 13.1. The van der Waals surface area contributed by atoms with Crippen molar-refractivity contribution in [1.82, 2.24) is 14.7 Å². The molecule has 0 spiro atoms. The molecule has 6 nitrogen and oxygen atoms in total. The van der Waals surface area contributed by atoms with Crippen molar-refractivity contribution < 1.29 is 9.90 Å². The summed E-state index contributed by atoms with van der Waals surface area (Å²) in [7, 11) is 0. The zero-order chi connectivity index (χ0) is 19.7. The summed E-state index contributed by atoms with van der Waals surface area (Å²) >= 11 is 0. The van der Waals surface area contributed by atoms with Gasteiger partial charge in [-0.25, -0.2) is 4.68 Å². The molecule has 4 rings (SSSR count). The second kappa shape index (κ2) is 7.51. The Balaban J connectivity index is 1.59. The molecule has 0 unspecified atom stereocenters. The Bertz CT molecular complexity index is 911. The van der Waals surface area contributed by atoms with Gasteiger partial charge in [0.1, 0.15) is 6.54 Å². The predicted molar refractivity (Wildman–Crippen MR) is 106 cm³/mol. The number of amides is 1. The molecule has 0 bridgehead atoms. The van der Waals surface area contributed by atoms with Crippen molar-refractivity contribution in [2.45, 2.75) is 57.2 Å². The molecular weight excluding hydrogens is 354 g/mol. The predicted octanol–water partition coefficient (Wildman–Crippen LogP) is 2.23. The van der Waals surface area contributed by atoms with Gasteiger partial charge in [-0.2, -0.15) is 5.10 Å². The lowest BCUT2D eigenvalue weighted by Gasteiger charge is -2.52. The van der Waals surface area contributed by atoms with E-state index in [4.69, 9.17) is 0 Å². The van der Waals surface area contributed by atoms with Crippen LogP contribution in [0.3, 0.4) is 0 Å². The first-order valence-corrected chi connectivity index (χ1v) is 10.1. The highest BCUT2D eigenvalue weighted by atomic mass is 16.3. The molecule has 1 saturated heterocycles. The number of fused-ring (bicyclic) bond motifs is 1. The lowest BCUT2D eigenvalue weighted by atomic mass is 9.66. The number of hydrogen-bond donors (Lipinski definition) is 1. The summed E-state index contributed by atoms with van der Waals surface area (Å²) in [5.41, 5.74) is 0.481. The highest BCUT2D eigenvalue weighted by Gasteiger charge is 2.50. The highest BCUT2D eigenvalue weighted by Crippen LogP contribution is 2.46. The summed E-state index contributed by atoms with van der Waals surface area (Å²) in [4.78, 5) is 27.0. The molecule has 1 aliphatic carbocycles. The lowest BCUT2D eigenvalue weighted by molar-refractivity contribution is -0.155. The molecule has 3 atom stereocenters. The number of aromatic nitrogens is 2. The number of rotatable bonds is 3. The van der Waals surface area contributed by atoms with Crippen LogP contribution in [0.4, 0.5) is 0 Å². The minimum Gasteiger partial charge on any atom is -0.385 e. The third-order valence-corrected chi connectivity index (χ3v) is 6.36. The molecule has 6 heteroatoms. The zero-order valence-corrected chi connectivity index (χ0v) is 16.3. The van der Waals surface area contributed by atoms with Crippen molar-refractivity contribution in [1.29, 1.82) is 0 Å². The normalized spacial score (nSPS) is 27.3. The van der Waals surface area contributed by atoms with Gasteiger partial charge >= 0.3 is 0 Å². The van der Waals surface area contributed by atoms with E-state index >= 15 is 0 Å². The molecule has 2 heterocycles. The monoisotopic (exact) mass is 381 g/mol. The largest absolute Gasteiger partial charge is 0.385 e. The second-order valence-electron chi connectivity index (χ2n) is 8.06. The quantitative estimate of drug-likeness (QED) is 0.885. The molecule has 0 radical (unpaired) electrons. The first-order valence-electron chi connectivity index (χ1n) is 10.1. The SMILES string of the molecule is Cc1ccc(=O)n(CC(=O)N2CC[C@@](O)(c3ccccc3)[C@H]3CCCC[C@@H]32)n1. The Morgan fingerprint density at radius 1 is 1.18 bits per heavy atom. The number of aryl methyl sites for hydroxylation is 1. The Labute approximate surface area is 164 Å². The van der Waals surface area contributed by atoms with Crippen LogP contribution >= 0.6 is 0 Å². The minimum atomic E-state index is -0.901. The fourth-order valence-electron chi connectivity index (χ4n) is 4.96. The summed E-state index contributed by atoms with van der Waals surface area (Å²) in [5.74, 6) is -0.0734. The van der Waals surface area contributed by atoms with Gasteiger partial charge in [-0.05, 0) is 37.8 Å². The van der Waals surface area contributed by atoms with E-state index in [9.17, 15) is 14.7 Å². The van der Waals surface area contributed by atoms with E-state index in [0.717, 1.165) is 31.2 Å². The van der Waals surface area contributed by atoms with Gasteiger partial charge in [-0.1, -0.05) is 43.2 Å². The molecule has 2 aliphatic rings. The lowest BCUT2D eigenvalue weighted by Crippen LogP contribution is -2.59. The molecule has 1 saturated carbocycles. The van der Waals surface area contributed by atoms with Crippen LogP contribution in [0.25, 0.3) is 0 Å². The zero-order valence-electron chi connectivity index (χ0n) is 16.3. The molecule has 1 amide bonds. The molecule has 2 fully saturated rings. The first-order chi connectivity index (χ1) is 13.5. The van der Waals surface area contributed by atoms with Crippen LogP contribution in [0, 0.1) is 12.8 Å². The van der Waals surface area contributed by atoms with E-state index in [2.05, 4.69) is 5.10 Å². The summed E-state index contributed by atoms with van der Waals surface area (Å²) in [5, 5.41) is 15.8. The van der Waals surface area contributed by atoms with Crippen LogP contribution in [0.5, 0.6) is 0 Å². The maximum Gasteiger partial charge on any atom is 0.267 e. The Kier molecular flexibility index (Phi) is 5.06. The van der Waals surface area contributed by atoms with Crippen molar-refractivity contribution in [3.63, 3.8) is 0 Å². The standard InChI is InChI=1S/C22H27N3O3/c1-16-11-12-20(26)25(23-16)15-21(27)24-14-13-22(28,17-7-3-2-4-8-17)18-9-5-6-10-19(18)24/h2-4,7-8,11-12,18-19,28H,5-6,9-10,13-15H2,1H3/t18-,19-,22+/m0/s1. The first kappa shape index (κ1) is 18.9. The van der Waals surface area contributed by atoms with Gasteiger partial charge < -0.3 is 10.0 Å². The Morgan fingerprint density at radius 3 is 2.71 bits per heavy atom. The van der Waals surface area contributed by atoms with E-state index < -0.39 is 5.60 Å². The Hall–Kier alpha value is -2.47. The number of likely N-dealkylation sites (tertiary alicyclic amines) is 1. The summed E-state index contributed by atoms with van der Waals surface area (Å²) in [6.07, 6.45) is 4.43. The molecular formula is C22H27N3O3. The molecule has 148 valence electrons. The van der Waals surface area contributed by atoms with Crippen LogP contribution < -0.4 is 5.56 Å². The van der Waals surface area contributed by atoms with Crippen molar-refractivity contribution in [3.05, 3.63) is 64.1 Å². The minimum absolute atomic E-state index is 0.000664. The van der Waals surface area contributed by atoms with Gasteiger partial charge in [0, 0.05) is 24.6 Å². The number of hydrogen-bond acceptors (Lipinski definition) is 4. The molecule has 28 heavy (non-hydrogen) atoms. The summed E-state index contributed by atoms with van der Waals surface area (Å²) < 4.78 is 1.24. The van der Waals surface area contributed by atoms with Gasteiger partial charge in [0.05, 0.1) is 11.3 Å². The second-order valence-corrected chi connectivity index (χ2v) is 8.06. The average Bonchev–Trinajstić information content (AvgIpc) is 2.72. The van der Waals surface area contributed by atoms with Crippen LogP contribution in [-0.2, 0) is 16.9 Å². The van der Waals surface area contributed by atoms with Gasteiger partial charge in [0.2, 0.25) is 5.91 Å². The van der Waals surface area contributed by atoms with Crippen molar-refractivity contribution in [3.8, 4) is 0 Å². The molecule has 1 aromatic heterocycles. The number of carbonyl (C=O) groups excluding carboxylic acids is 1. The van der Waals surface area contributed by atoms with Gasteiger partial charge in [0.25, 0.3) is 5.56 Å². The van der Waals surface area contributed by atoms with E-state index in [0.29, 0.717) is 18.7 Å². The van der Waals surface area contributed by atoms with E-state index in [1.807, 2.05) is 35.2 Å². The highest BCUT2D eigenvalue weighted by molar-refractivity contribution is 5.76. The number of carbonyl (C=O) groups is 1. The van der Waals surface area contributed by atoms with E-state index in [-0.39, 0.29) is 30.0 Å². The molecule has 1 N–H and O–H groups in total. The third kappa shape index (κ3) is 3.37. The van der Waals surface area contributed by atoms with Crippen molar-refractivity contribution >= 4 is 5.91 Å². The average molecular weight is 381 g/mol. The number of nitrogens with zero attached hydrogens (tertiary/aromatic N) is 3. The van der Waals surface area contributed by atoms with Gasteiger partial charge in [-0.15, -0.1) is 0 Å². The van der Waals surface area contributed by atoms with Gasteiger partial charge in [0.15, 0.2) is 0 Å². The number of piperidine rings is 1. The smallest absolute Gasteiger partial charge is 0.267 e. The summed E-state index contributed by atoms with van der Waals surface area (Å²) in [6, 6.07) is 12.9. The van der Waals surface area contributed by atoms with Crippen molar-refractivity contribution in [2.24, 2.45) is 5.92 Å². The number of benzene rings is 1. The third-order valence-electron chi connectivity index (χ3n) is 6.36. The van der Waals surface area contributed by atoms with Crippen LogP contribution in [0.2, 0.25) is 0 Å². The maximum absolute atomic E-state index is 13.1. The fraction of sp³-hybridized carbons (Fsp3) is 0.500. The summed E-state index contributed by atoms with van der Waals surface area (Å²) in [6.45, 7) is 2.25. The fourth-order valence-corrected chi connectivity index (χ4v) is 4.96.